The van der Waals surface area contributed by atoms with E-state index in [4.69, 9.17) is 0 Å². The Labute approximate surface area is 602 Å². The summed E-state index contributed by atoms with van der Waals surface area (Å²) >= 11 is 0. The molecule has 0 amide bonds. The van der Waals surface area contributed by atoms with Gasteiger partial charge in [0.15, 0.2) is 49.6 Å². The molecular formula is C44H72Mo8N4O26-48. The summed E-state index contributed by atoms with van der Waals surface area (Å²) in [6.45, 7) is 13.7. The van der Waals surface area contributed by atoms with Crippen LogP contribution in [0.1, 0.15) is 130 Å². The topological polar surface area (TPSA) is 757 Å². The number of rotatable bonds is 20. The van der Waals surface area contributed by atoms with Crippen LogP contribution < -0.4 is 18.3 Å². The molecule has 82 heavy (non-hydrogen) atoms. The summed E-state index contributed by atoms with van der Waals surface area (Å²) in [5.41, 5.74) is 0. The summed E-state index contributed by atoms with van der Waals surface area (Å²) in [5, 5.41) is 0. The molecule has 4 heterocycles. The summed E-state index contributed by atoms with van der Waals surface area (Å²) in [6.07, 6.45) is 38.5. The maximum Gasteiger partial charge on any atom is 0.168 e. The van der Waals surface area contributed by atoms with Crippen LogP contribution >= 0.6 is 0 Å². The summed E-state index contributed by atoms with van der Waals surface area (Å²) in [5.74, 6) is 0. The Bertz CT molecular complexity index is 1070. The predicted molar refractivity (Wildman–Crippen MR) is 221 cm³/mol. The van der Waals surface area contributed by atoms with E-state index in [9.17, 15) is 0 Å². The molecule has 0 spiro atoms. The van der Waals surface area contributed by atoms with Gasteiger partial charge in [0.25, 0.3) is 0 Å². The second-order valence-electron chi connectivity index (χ2n) is 12.7. The van der Waals surface area contributed by atoms with Gasteiger partial charge in [-0.05, 0) is 25.7 Å². The van der Waals surface area contributed by atoms with E-state index in [1.165, 1.54) is 129 Å². The first-order chi connectivity index (χ1) is 23.7. The molecule has 0 bridgehead atoms. The van der Waals surface area contributed by atoms with Gasteiger partial charge in [0.1, 0.15) is 26.2 Å². The van der Waals surface area contributed by atoms with Crippen LogP contribution in [0.15, 0.2) is 122 Å². The SMILES string of the molecule is CCCCCC[n+]1ccccc1.CCCCCC[n+]1ccccc1.CCCCCC[n+]1ccccc1.CCCCCC[n+]1ccccc1.[Mo].[Mo].[Mo].[Mo].[Mo].[Mo].[Mo].[Mo].[O-2].[O-2].[O-2].[O-2].[O-2].[O-2].[O-2].[O-2].[O-2].[O-2].[O-2].[O-2].[O-2].[O-2].[O-2].[O-2].[O-2].[O-2].[O-2].[O-2].[O-2].[O-2].[O-2].[O-2].[O-2].[O-2]. The van der Waals surface area contributed by atoms with Crippen LogP contribution in [0.4, 0.5) is 0 Å². The van der Waals surface area contributed by atoms with Crippen molar-refractivity contribution in [3.8, 4) is 0 Å². The van der Waals surface area contributed by atoms with Crippen LogP contribution in [0.5, 0.6) is 0 Å². The number of hydrogen-bond acceptors (Lipinski definition) is 0. The molecule has 30 nitrogen and oxygen atoms in total. The fraction of sp³-hybridized carbons (Fsp3) is 0.545. The van der Waals surface area contributed by atoms with Crippen LogP contribution in [0.25, 0.3) is 0 Å². The standard InChI is InChI=1S/4C11H18N.8Mo.26O/c4*1-2-3-4-6-9-12-10-7-5-8-11-12;;;;;;;;;;;;;;;;;;;;;;;;;;;;;;;;;;/h4*5,7-8,10-11H,2-4,6,9H2,1H3;;;;;;;;;;;;;;;;;;;;;;;;;;;;;;;;;;/q4*+1;;;;;;;;;26*-2. The first-order valence-corrected chi connectivity index (χ1v) is 19.5. The first-order valence-electron chi connectivity index (χ1n) is 19.5. The Morgan fingerprint density at radius 2 is 0.268 bits per heavy atom. The molecule has 4 rings (SSSR count). The third-order valence-corrected chi connectivity index (χ3v) is 8.19. The molecule has 0 aliphatic rings. The van der Waals surface area contributed by atoms with Gasteiger partial charge in [-0.25, -0.2) is 18.3 Å². The van der Waals surface area contributed by atoms with Crippen molar-refractivity contribution >= 4 is 0 Å². The molecule has 4 aromatic rings. The Hall–Kier alpha value is 1.07. The summed E-state index contributed by atoms with van der Waals surface area (Å²) in [6, 6.07) is 24.9. The number of unbranched alkanes of at least 4 members (excludes halogenated alkanes) is 12. The zero-order chi connectivity index (χ0) is 34.6. The van der Waals surface area contributed by atoms with E-state index < -0.39 is 0 Å². The van der Waals surface area contributed by atoms with E-state index in [0.717, 1.165) is 0 Å². The molecule has 0 aliphatic heterocycles. The van der Waals surface area contributed by atoms with Gasteiger partial charge < -0.3 is 142 Å². The first kappa shape index (κ1) is 232. The number of aromatic nitrogens is 4. The van der Waals surface area contributed by atoms with E-state index in [2.05, 4.69) is 168 Å². The van der Waals surface area contributed by atoms with Gasteiger partial charge in [0, 0.05) is 243 Å². The van der Waals surface area contributed by atoms with E-state index >= 15 is 0 Å². The Balaban J connectivity index is -0.0000000103. The Morgan fingerprint density at radius 1 is 0.159 bits per heavy atom. The summed E-state index contributed by atoms with van der Waals surface area (Å²) < 4.78 is 8.98. The van der Waals surface area contributed by atoms with Crippen molar-refractivity contribution in [1.82, 2.24) is 0 Å². The van der Waals surface area contributed by atoms with Crippen molar-refractivity contribution in [3.63, 3.8) is 0 Å². The molecule has 0 N–H and O–H groups in total. The number of hydrogen-bond donors (Lipinski definition) is 0. The third-order valence-electron chi connectivity index (χ3n) is 8.19. The molecule has 0 aliphatic carbocycles. The smallest absolute Gasteiger partial charge is 0.168 e. The maximum absolute atomic E-state index is 2.25. The van der Waals surface area contributed by atoms with Gasteiger partial charge >= 0.3 is 0 Å². The van der Waals surface area contributed by atoms with Gasteiger partial charge in [-0.3, -0.25) is 0 Å². The van der Waals surface area contributed by atoms with E-state index in [0.29, 0.717) is 0 Å². The van der Waals surface area contributed by atoms with Gasteiger partial charge in [-0.1, -0.05) is 103 Å². The average Bonchev–Trinajstić information content (AvgIpc) is 3.15. The molecule has 520 valence electrons. The second kappa shape index (κ2) is 192. The number of nitrogens with zero attached hydrogens (tertiary/aromatic N) is 4. The van der Waals surface area contributed by atoms with Crippen molar-refractivity contribution in [2.24, 2.45) is 0 Å². The van der Waals surface area contributed by atoms with E-state index in [1.54, 1.807) is 0 Å². The van der Waals surface area contributed by atoms with Gasteiger partial charge in [-0.2, -0.15) is 0 Å². The molecule has 0 saturated carbocycles. The quantitative estimate of drug-likeness (QED) is 0.0485. The molecule has 0 atom stereocenters. The second-order valence-corrected chi connectivity index (χ2v) is 12.7. The van der Waals surface area contributed by atoms with Crippen molar-refractivity contribution in [3.05, 3.63) is 122 Å². The molecule has 0 fully saturated rings. The van der Waals surface area contributed by atoms with Crippen molar-refractivity contribution in [2.75, 3.05) is 0 Å². The van der Waals surface area contributed by atoms with Crippen LogP contribution in [-0.4, -0.2) is 0 Å². The monoisotopic (exact) mass is 1860 g/mol. The predicted octanol–water partition coefficient (Wildman–Crippen LogP) is 7.11. The fourth-order valence-corrected chi connectivity index (χ4v) is 5.22. The maximum atomic E-state index is 2.25. The third kappa shape index (κ3) is 160. The zero-order valence-electron chi connectivity index (χ0n) is 45.4. The van der Waals surface area contributed by atoms with Crippen LogP contribution in [0.3, 0.4) is 0 Å². The van der Waals surface area contributed by atoms with Crippen LogP contribution in [-0.2, 0) is 337 Å². The average molecular weight is 1840 g/mol. The van der Waals surface area contributed by atoms with Crippen LogP contribution in [0.2, 0.25) is 0 Å². The van der Waals surface area contributed by atoms with E-state index in [-0.39, 0.29) is 311 Å². The van der Waals surface area contributed by atoms with Gasteiger partial charge in [0.05, 0.1) is 0 Å². The van der Waals surface area contributed by atoms with E-state index in [1.807, 2.05) is 0 Å². The molecule has 4 aromatic heterocycles. The number of pyridine rings is 4. The molecule has 38 heteroatoms. The molecular weight excluding hydrogens is 1770 g/mol. The fourth-order valence-electron chi connectivity index (χ4n) is 5.22. The summed E-state index contributed by atoms with van der Waals surface area (Å²) in [7, 11) is 0. The van der Waals surface area contributed by atoms with Crippen molar-refractivity contribution in [2.45, 2.75) is 157 Å². The minimum absolute atomic E-state index is 0. The van der Waals surface area contributed by atoms with Crippen molar-refractivity contribution < 1.29 is 329 Å². The Morgan fingerprint density at radius 3 is 0.366 bits per heavy atom. The minimum Gasteiger partial charge on any atom is -2.00 e. The summed E-state index contributed by atoms with van der Waals surface area (Å²) in [4.78, 5) is 0. The van der Waals surface area contributed by atoms with Crippen LogP contribution in [0, 0.1) is 0 Å². The van der Waals surface area contributed by atoms with Crippen molar-refractivity contribution in [1.29, 1.82) is 0 Å². The zero-order valence-corrected chi connectivity index (χ0v) is 61.4. The minimum atomic E-state index is 0. The molecule has 0 radical (unpaired) electrons. The Kier molecular flexibility index (Phi) is 543. The molecule has 0 aromatic carbocycles. The van der Waals surface area contributed by atoms with Gasteiger partial charge in [0.2, 0.25) is 0 Å². The molecule has 0 unspecified atom stereocenters. The largest absolute Gasteiger partial charge is 2.00 e. The van der Waals surface area contributed by atoms with Gasteiger partial charge in [-0.15, -0.1) is 0 Å². The number of aryl methyl sites for hydroxylation is 4. The normalized spacial score (nSPS) is 5.90. The molecule has 0 saturated heterocycles.